The first-order valence-electron chi connectivity index (χ1n) is 9.58. The number of hydrogen-bond donors (Lipinski definition) is 3. The van der Waals surface area contributed by atoms with Crippen molar-refractivity contribution in [1.29, 1.82) is 0 Å². The van der Waals surface area contributed by atoms with Gasteiger partial charge in [0.1, 0.15) is 5.78 Å². The van der Waals surface area contributed by atoms with Gasteiger partial charge in [0, 0.05) is 31.1 Å². The third kappa shape index (κ3) is 4.13. The van der Waals surface area contributed by atoms with Crippen molar-refractivity contribution in [2.24, 2.45) is 4.99 Å². The van der Waals surface area contributed by atoms with Crippen LogP contribution in [0.1, 0.15) is 43.2 Å². The van der Waals surface area contributed by atoms with Gasteiger partial charge in [0.25, 0.3) is 0 Å². The third-order valence-electron chi connectivity index (χ3n) is 5.45. The van der Waals surface area contributed by atoms with Crippen LogP contribution in [-0.4, -0.2) is 45.8 Å². The lowest BCUT2D eigenvalue weighted by Gasteiger charge is -2.25. The highest BCUT2D eigenvalue weighted by Gasteiger charge is 2.32. The molecule has 3 N–H and O–H groups in total. The van der Waals surface area contributed by atoms with Crippen molar-refractivity contribution in [2.75, 3.05) is 16.4 Å². The number of carboxylic acid groups (broad SMARTS) is 1. The summed E-state index contributed by atoms with van der Waals surface area (Å²) in [6.45, 7) is 2.11. The van der Waals surface area contributed by atoms with Gasteiger partial charge in [-0.15, -0.1) is 11.8 Å². The Hall–Kier alpha value is -2.02. The monoisotopic (exact) mass is 387 g/mol. The number of carboxylic acids is 1. The molecule has 0 spiro atoms. The van der Waals surface area contributed by atoms with Gasteiger partial charge in [-0.25, -0.2) is 0 Å². The van der Waals surface area contributed by atoms with Crippen molar-refractivity contribution in [2.45, 2.75) is 63.6 Å². The van der Waals surface area contributed by atoms with Crippen LogP contribution in [0.25, 0.3) is 0 Å². The molecule has 2 aliphatic heterocycles. The Morgan fingerprint density at radius 3 is 2.89 bits per heavy atom. The minimum absolute atomic E-state index is 0.0997. The fraction of sp³-hybridized carbons (Fsp3) is 0.550. The van der Waals surface area contributed by atoms with E-state index in [2.05, 4.69) is 34.7 Å². The molecule has 1 saturated carbocycles. The fourth-order valence-corrected chi connectivity index (χ4v) is 5.26. The number of aliphatic imine (C=N–C) groups is 1. The second kappa shape index (κ2) is 7.54. The average Bonchev–Trinajstić information content (AvgIpc) is 3.23. The lowest BCUT2D eigenvalue weighted by Crippen LogP contribution is -2.27. The molecule has 2 atom stereocenters. The highest BCUT2D eigenvalue weighted by molar-refractivity contribution is 8.14. The number of nitrogens with zero attached hydrogens (tertiary/aromatic N) is 1. The van der Waals surface area contributed by atoms with Crippen molar-refractivity contribution in [3.63, 3.8) is 0 Å². The molecule has 1 aliphatic carbocycles. The van der Waals surface area contributed by atoms with E-state index < -0.39 is 5.97 Å². The van der Waals surface area contributed by atoms with E-state index in [1.54, 1.807) is 11.8 Å². The zero-order valence-corrected chi connectivity index (χ0v) is 16.3. The molecule has 3 aliphatic rings. The second-order valence-corrected chi connectivity index (χ2v) is 8.78. The number of nitrogens with one attached hydrogen (secondary N) is 2. The molecule has 4 rings (SSSR count). The largest absolute Gasteiger partial charge is 0.481 e. The van der Waals surface area contributed by atoms with Crippen LogP contribution in [0.15, 0.2) is 17.1 Å². The number of fused-ring (bicyclic) bond motifs is 1. The first-order valence-corrected chi connectivity index (χ1v) is 10.6. The molecule has 6 nitrogen and oxygen atoms in total. The molecule has 2 heterocycles. The molecule has 144 valence electrons. The number of rotatable bonds is 5. The molecule has 0 bridgehead atoms. The van der Waals surface area contributed by atoms with Crippen LogP contribution in [0.5, 0.6) is 0 Å². The molecule has 27 heavy (non-hydrogen) atoms. The Labute approximate surface area is 163 Å². The Kier molecular flexibility index (Phi) is 5.12. The number of aliphatic carboxylic acids is 1. The molecule has 1 aromatic carbocycles. The van der Waals surface area contributed by atoms with Crippen LogP contribution in [0, 0.1) is 6.92 Å². The predicted molar refractivity (Wildman–Crippen MR) is 109 cm³/mol. The molecule has 0 amide bonds. The standard InChI is InChI=1S/C20H25N3O3S/c1-11-6-12-8-17(20-22-14(10-27-20)9-18(25)26)23-19(12)16(7-11)21-13-2-4-15(24)5-3-13/h6-7,13-14,17,21,23H,2-5,8-10H2,1H3,(H,25,26)/t14-,17?/m1/s1. The molecule has 7 heteroatoms. The SMILES string of the molecule is Cc1cc2c(c(NC3CCC(=O)CC3)c1)NC(C1=N[C@H](CC(=O)O)CS1)C2. The summed E-state index contributed by atoms with van der Waals surface area (Å²) in [6, 6.07) is 4.73. The summed E-state index contributed by atoms with van der Waals surface area (Å²) < 4.78 is 0. The fourth-order valence-electron chi connectivity index (χ4n) is 4.14. The number of carbonyl (C=O) groups is 2. The maximum atomic E-state index is 11.5. The number of carbonyl (C=O) groups excluding carboxylic acids is 1. The third-order valence-corrected chi connectivity index (χ3v) is 6.69. The normalized spacial score (nSPS) is 25.1. The van der Waals surface area contributed by atoms with Gasteiger partial charge in [-0.2, -0.15) is 0 Å². The van der Waals surface area contributed by atoms with Gasteiger partial charge in [0.05, 0.1) is 34.9 Å². The molecule has 0 aromatic heterocycles. The van der Waals surface area contributed by atoms with Crippen LogP contribution in [-0.2, 0) is 16.0 Å². The van der Waals surface area contributed by atoms with Gasteiger partial charge in [0.2, 0.25) is 0 Å². The van der Waals surface area contributed by atoms with E-state index in [1.165, 1.54) is 11.1 Å². The van der Waals surface area contributed by atoms with E-state index >= 15 is 0 Å². The Morgan fingerprint density at radius 1 is 1.37 bits per heavy atom. The molecule has 1 unspecified atom stereocenters. The highest BCUT2D eigenvalue weighted by atomic mass is 32.2. The summed E-state index contributed by atoms with van der Waals surface area (Å²) in [6.07, 6.45) is 4.10. The van der Waals surface area contributed by atoms with E-state index in [1.807, 2.05) is 0 Å². The average molecular weight is 388 g/mol. The minimum Gasteiger partial charge on any atom is -0.481 e. The summed E-state index contributed by atoms with van der Waals surface area (Å²) in [4.78, 5) is 27.1. The summed E-state index contributed by atoms with van der Waals surface area (Å²) in [5.74, 6) is 0.324. The maximum absolute atomic E-state index is 11.5. The van der Waals surface area contributed by atoms with E-state index in [4.69, 9.17) is 5.11 Å². The number of ketones is 1. The van der Waals surface area contributed by atoms with Crippen LogP contribution < -0.4 is 10.6 Å². The Morgan fingerprint density at radius 2 is 2.15 bits per heavy atom. The van der Waals surface area contributed by atoms with Gasteiger partial charge >= 0.3 is 5.97 Å². The van der Waals surface area contributed by atoms with Crippen molar-refractivity contribution in [3.05, 3.63) is 23.3 Å². The first-order chi connectivity index (χ1) is 13.0. The summed E-state index contributed by atoms with van der Waals surface area (Å²) in [5.41, 5.74) is 4.74. The number of hydrogen-bond acceptors (Lipinski definition) is 6. The van der Waals surface area contributed by atoms with Crippen LogP contribution in [0.2, 0.25) is 0 Å². The quantitative estimate of drug-likeness (QED) is 0.718. The molecular weight excluding hydrogens is 362 g/mol. The molecule has 0 saturated heterocycles. The second-order valence-electron chi connectivity index (χ2n) is 7.73. The van der Waals surface area contributed by atoms with E-state index in [0.717, 1.165) is 41.4 Å². The summed E-state index contributed by atoms with van der Waals surface area (Å²) >= 11 is 1.67. The minimum atomic E-state index is -0.790. The first kappa shape index (κ1) is 18.3. The number of Topliss-reactive ketones (excluding diaryl/α,β-unsaturated/α-hetero) is 1. The van der Waals surface area contributed by atoms with Gasteiger partial charge in [-0.3, -0.25) is 14.6 Å². The van der Waals surface area contributed by atoms with Crippen LogP contribution in [0.3, 0.4) is 0 Å². The van der Waals surface area contributed by atoms with Gasteiger partial charge < -0.3 is 15.7 Å². The Bertz CT molecular complexity index is 798. The van der Waals surface area contributed by atoms with Gasteiger partial charge in [0.15, 0.2) is 0 Å². The molecule has 1 aromatic rings. The van der Waals surface area contributed by atoms with Gasteiger partial charge in [-0.05, 0) is 37.0 Å². The zero-order valence-electron chi connectivity index (χ0n) is 15.5. The number of anilines is 2. The highest BCUT2D eigenvalue weighted by Crippen LogP contribution is 2.38. The molecular formula is C20H25N3O3S. The van der Waals surface area contributed by atoms with E-state index in [-0.39, 0.29) is 18.5 Å². The van der Waals surface area contributed by atoms with Crippen LogP contribution >= 0.6 is 11.8 Å². The summed E-state index contributed by atoms with van der Waals surface area (Å²) in [7, 11) is 0. The lowest BCUT2D eigenvalue weighted by molar-refractivity contribution is -0.137. The Balaban J connectivity index is 1.48. The van der Waals surface area contributed by atoms with Crippen molar-refractivity contribution in [3.8, 4) is 0 Å². The van der Waals surface area contributed by atoms with Crippen molar-refractivity contribution < 1.29 is 14.7 Å². The van der Waals surface area contributed by atoms with Gasteiger partial charge in [-0.1, -0.05) is 6.07 Å². The lowest BCUT2D eigenvalue weighted by atomic mass is 9.94. The maximum Gasteiger partial charge on any atom is 0.305 e. The number of benzene rings is 1. The van der Waals surface area contributed by atoms with Crippen LogP contribution in [0.4, 0.5) is 11.4 Å². The molecule has 0 radical (unpaired) electrons. The number of thioether (sulfide) groups is 1. The molecule has 1 fully saturated rings. The topological polar surface area (TPSA) is 90.8 Å². The smallest absolute Gasteiger partial charge is 0.305 e. The van der Waals surface area contributed by atoms with E-state index in [0.29, 0.717) is 24.7 Å². The van der Waals surface area contributed by atoms with E-state index in [9.17, 15) is 9.59 Å². The predicted octanol–water partition coefficient (Wildman–Crippen LogP) is 3.24. The van der Waals surface area contributed by atoms with Crippen molar-refractivity contribution in [1.82, 2.24) is 0 Å². The zero-order chi connectivity index (χ0) is 19.0. The summed E-state index contributed by atoms with van der Waals surface area (Å²) in [5, 5.41) is 17.3. The van der Waals surface area contributed by atoms with Crippen molar-refractivity contribution >= 4 is 39.9 Å². The number of aryl methyl sites for hydroxylation is 1.